The van der Waals surface area contributed by atoms with E-state index in [1.165, 1.54) is 6.26 Å². The molecule has 0 saturated heterocycles. The predicted octanol–water partition coefficient (Wildman–Crippen LogP) is 2.13. The molecule has 0 radical (unpaired) electrons. The maximum atomic E-state index is 11.3. The molecule has 0 spiro atoms. The van der Waals surface area contributed by atoms with Crippen LogP contribution in [0.25, 0.3) is 10.9 Å². The average molecular weight is 223 g/mol. The van der Waals surface area contributed by atoms with Gasteiger partial charge in [-0.15, -0.1) is 0 Å². The summed E-state index contributed by atoms with van der Waals surface area (Å²) in [5.41, 5.74) is 2.11. The molecule has 0 fully saturated rings. The molecule has 15 heavy (non-hydrogen) atoms. The van der Waals surface area contributed by atoms with Gasteiger partial charge < -0.3 is 4.98 Å². The van der Waals surface area contributed by atoms with E-state index in [-0.39, 0.29) is 0 Å². The highest BCUT2D eigenvalue weighted by atomic mass is 32.2. The Hall–Kier alpha value is -1.29. The lowest BCUT2D eigenvalue weighted by atomic mass is 10.2. The fourth-order valence-electron chi connectivity index (χ4n) is 1.59. The van der Waals surface area contributed by atoms with E-state index >= 15 is 0 Å². The Bertz CT molecular complexity index is 596. The second kappa shape index (κ2) is 3.38. The fourth-order valence-corrected chi connectivity index (χ4v) is 2.25. The van der Waals surface area contributed by atoms with Crippen molar-refractivity contribution in [3.63, 3.8) is 0 Å². The molecule has 0 amide bonds. The van der Waals surface area contributed by atoms with Crippen LogP contribution >= 0.6 is 0 Å². The van der Waals surface area contributed by atoms with Crippen LogP contribution in [-0.4, -0.2) is 19.7 Å². The van der Waals surface area contributed by atoms with Crippen molar-refractivity contribution in [1.29, 1.82) is 0 Å². The fraction of sp³-hybridized carbons (Fsp3) is 0.273. The minimum Gasteiger partial charge on any atom is -0.358 e. The molecule has 0 saturated carbocycles. The third-order valence-electron chi connectivity index (χ3n) is 2.46. The number of sulfone groups is 1. The number of benzene rings is 1. The number of aromatic nitrogens is 1. The number of fused-ring (bicyclic) bond motifs is 1. The van der Waals surface area contributed by atoms with Gasteiger partial charge in [-0.3, -0.25) is 0 Å². The van der Waals surface area contributed by atoms with E-state index in [0.717, 1.165) is 23.0 Å². The van der Waals surface area contributed by atoms with Crippen molar-refractivity contribution >= 4 is 20.7 Å². The van der Waals surface area contributed by atoms with Crippen molar-refractivity contribution in [3.8, 4) is 0 Å². The van der Waals surface area contributed by atoms with Gasteiger partial charge in [-0.05, 0) is 30.7 Å². The molecule has 1 aromatic heterocycles. The first-order valence-corrected chi connectivity index (χ1v) is 6.71. The molecule has 0 aliphatic rings. The lowest BCUT2D eigenvalue weighted by molar-refractivity contribution is 0.602. The van der Waals surface area contributed by atoms with Crippen molar-refractivity contribution in [1.82, 2.24) is 4.98 Å². The molecule has 4 heteroatoms. The SMILES string of the molecule is CCc1cc2cc(S(C)(=O)=O)ccc2[nH]1. The number of aromatic amines is 1. The normalized spacial score (nSPS) is 12.1. The van der Waals surface area contributed by atoms with Gasteiger partial charge in [-0.25, -0.2) is 8.42 Å². The van der Waals surface area contributed by atoms with Crippen LogP contribution in [0, 0.1) is 0 Å². The van der Waals surface area contributed by atoms with Crippen LogP contribution in [0.15, 0.2) is 29.2 Å². The van der Waals surface area contributed by atoms with E-state index in [0.29, 0.717) is 4.90 Å². The number of rotatable bonds is 2. The van der Waals surface area contributed by atoms with Crippen LogP contribution in [0.4, 0.5) is 0 Å². The van der Waals surface area contributed by atoms with Crippen LogP contribution in [-0.2, 0) is 16.3 Å². The topological polar surface area (TPSA) is 49.9 Å². The Morgan fingerprint density at radius 1 is 1.27 bits per heavy atom. The first kappa shape index (κ1) is 10.2. The quantitative estimate of drug-likeness (QED) is 0.848. The second-order valence-corrected chi connectivity index (χ2v) is 5.69. The van der Waals surface area contributed by atoms with Crippen LogP contribution in [0.2, 0.25) is 0 Å². The molecule has 0 atom stereocenters. The zero-order valence-corrected chi connectivity index (χ0v) is 9.56. The highest BCUT2D eigenvalue weighted by Gasteiger charge is 2.08. The van der Waals surface area contributed by atoms with Gasteiger partial charge in [0, 0.05) is 22.9 Å². The smallest absolute Gasteiger partial charge is 0.175 e. The highest BCUT2D eigenvalue weighted by Crippen LogP contribution is 2.20. The third kappa shape index (κ3) is 1.90. The van der Waals surface area contributed by atoms with Crippen LogP contribution in [0.5, 0.6) is 0 Å². The van der Waals surface area contributed by atoms with Crippen LogP contribution < -0.4 is 0 Å². The molecule has 1 aromatic carbocycles. The van der Waals surface area contributed by atoms with Crippen LogP contribution in [0.1, 0.15) is 12.6 Å². The molecule has 0 unspecified atom stereocenters. The van der Waals surface area contributed by atoms with Crippen molar-refractivity contribution in [2.75, 3.05) is 6.26 Å². The Labute approximate surface area is 89.0 Å². The minimum absolute atomic E-state index is 0.372. The van der Waals surface area contributed by atoms with Gasteiger partial charge in [0.05, 0.1) is 4.90 Å². The van der Waals surface area contributed by atoms with Gasteiger partial charge in [-0.1, -0.05) is 6.92 Å². The summed E-state index contributed by atoms with van der Waals surface area (Å²) in [6.07, 6.45) is 2.14. The summed E-state index contributed by atoms with van der Waals surface area (Å²) in [6, 6.07) is 7.14. The second-order valence-electron chi connectivity index (χ2n) is 3.67. The van der Waals surface area contributed by atoms with Crippen molar-refractivity contribution in [2.24, 2.45) is 0 Å². The summed E-state index contributed by atoms with van der Waals surface area (Å²) in [6.45, 7) is 2.06. The Kier molecular flexibility index (Phi) is 2.31. The maximum absolute atomic E-state index is 11.3. The monoisotopic (exact) mass is 223 g/mol. The first-order valence-electron chi connectivity index (χ1n) is 4.82. The van der Waals surface area contributed by atoms with Crippen molar-refractivity contribution < 1.29 is 8.42 Å². The molecule has 2 rings (SSSR count). The van der Waals surface area contributed by atoms with E-state index in [9.17, 15) is 8.42 Å². The summed E-state index contributed by atoms with van der Waals surface area (Å²) < 4.78 is 22.7. The summed E-state index contributed by atoms with van der Waals surface area (Å²) in [5, 5.41) is 0.953. The number of hydrogen-bond donors (Lipinski definition) is 1. The molecule has 1 heterocycles. The van der Waals surface area contributed by atoms with E-state index in [2.05, 4.69) is 11.9 Å². The predicted molar refractivity (Wildman–Crippen MR) is 60.8 cm³/mol. The van der Waals surface area contributed by atoms with Gasteiger partial charge in [0.25, 0.3) is 0 Å². The van der Waals surface area contributed by atoms with Gasteiger partial charge in [-0.2, -0.15) is 0 Å². The molecule has 80 valence electrons. The van der Waals surface area contributed by atoms with E-state index < -0.39 is 9.84 Å². The molecule has 2 aromatic rings. The first-order chi connectivity index (χ1) is 7.00. The largest absolute Gasteiger partial charge is 0.358 e. The maximum Gasteiger partial charge on any atom is 0.175 e. The van der Waals surface area contributed by atoms with E-state index in [1.807, 2.05) is 12.1 Å². The number of H-pyrrole nitrogens is 1. The Morgan fingerprint density at radius 2 is 2.00 bits per heavy atom. The Morgan fingerprint density at radius 3 is 2.60 bits per heavy atom. The highest BCUT2D eigenvalue weighted by molar-refractivity contribution is 7.90. The zero-order valence-electron chi connectivity index (χ0n) is 8.74. The van der Waals surface area contributed by atoms with Crippen LogP contribution in [0.3, 0.4) is 0 Å². The number of hydrogen-bond acceptors (Lipinski definition) is 2. The van der Waals surface area contributed by atoms with Gasteiger partial charge in [0.1, 0.15) is 0 Å². The third-order valence-corrected chi connectivity index (χ3v) is 3.57. The zero-order chi connectivity index (χ0) is 11.1. The van der Waals surface area contributed by atoms with Gasteiger partial charge in [0.2, 0.25) is 0 Å². The number of nitrogens with one attached hydrogen (secondary N) is 1. The van der Waals surface area contributed by atoms with Crippen molar-refractivity contribution in [2.45, 2.75) is 18.2 Å². The molecule has 3 nitrogen and oxygen atoms in total. The molecule has 0 aliphatic carbocycles. The molecule has 1 N–H and O–H groups in total. The number of aryl methyl sites for hydroxylation is 1. The van der Waals surface area contributed by atoms with Gasteiger partial charge in [0.15, 0.2) is 9.84 Å². The molecule has 0 aliphatic heterocycles. The lowest BCUT2D eigenvalue weighted by Crippen LogP contribution is -1.95. The minimum atomic E-state index is -3.11. The van der Waals surface area contributed by atoms with Gasteiger partial charge >= 0.3 is 0 Å². The lowest BCUT2D eigenvalue weighted by Gasteiger charge is -1.97. The molecular weight excluding hydrogens is 210 g/mol. The summed E-state index contributed by atoms with van der Waals surface area (Å²) in [7, 11) is -3.11. The molecular formula is C11H13NO2S. The summed E-state index contributed by atoms with van der Waals surface area (Å²) in [5.74, 6) is 0. The summed E-state index contributed by atoms with van der Waals surface area (Å²) in [4.78, 5) is 3.60. The van der Waals surface area contributed by atoms with Crippen molar-refractivity contribution in [3.05, 3.63) is 30.0 Å². The standard InChI is InChI=1S/C11H13NO2S/c1-3-9-6-8-7-10(15(2,13)14)4-5-11(8)12-9/h4-7,12H,3H2,1-2H3. The average Bonchev–Trinajstić information content (AvgIpc) is 2.57. The van der Waals surface area contributed by atoms with E-state index in [1.54, 1.807) is 12.1 Å². The Balaban J connectivity index is 2.66. The summed E-state index contributed by atoms with van der Waals surface area (Å²) >= 11 is 0. The van der Waals surface area contributed by atoms with E-state index in [4.69, 9.17) is 0 Å². The molecule has 0 bridgehead atoms.